The van der Waals surface area contributed by atoms with Crippen LogP contribution in [0.2, 0.25) is 0 Å². The molecule has 41 heavy (non-hydrogen) atoms. The smallest absolute Gasteiger partial charge is 0.168 e. The van der Waals surface area contributed by atoms with Crippen molar-refractivity contribution in [3.05, 3.63) is 35.4 Å². The third kappa shape index (κ3) is 11.2. The van der Waals surface area contributed by atoms with Crippen molar-refractivity contribution < 1.29 is 9.47 Å². The van der Waals surface area contributed by atoms with Crippen LogP contribution in [0.4, 0.5) is 0 Å². The van der Waals surface area contributed by atoms with E-state index >= 15 is 0 Å². The highest BCUT2D eigenvalue weighted by Crippen LogP contribution is 2.45. The topological polar surface area (TPSA) is 24.9 Å². The van der Waals surface area contributed by atoms with E-state index in [0.717, 1.165) is 50.9 Å². The normalized spacial score (nSPS) is 26.7. The minimum Gasteiger partial charge on any atom is -0.347 e. The van der Waals surface area contributed by atoms with Gasteiger partial charge in [-0.3, -0.25) is 0 Å². The lowest BCUT2D eigenvalue weighted by molar-refractivity contribution is -0.197. The molecule has 1 aromatic rings. The van der Waals surface area contributed by atoms with Gasteiger partial charge in [0.05, 0.1) is 12.7 Å². The van der Waals surface area contributed by atoms with Crippen molar-refractivity contribution in [2.24, 2.45) is 17.3 Å². The van der Waals surface area contributed by atoms with Crippen LogP contribution < -0.4 is 0 Å². The van der Waals surface area contributed by atoms with Crippen molar-refractivity contribution in [1.82, 2.24) is 9.80 Å². The summed E-state index contributed by atoms with van der Waals surface area (Å²) in [6.45, 7) is 28.7. The van der Waals surface area contributed by atoms with Gasteiger partial charge in [0.25, 0.3) is 0 Å². The minimum atomic E-state index is -0.252. The van der Waals surface area contributed by atoms with Crippen LogP contribution in [0.25, 0.3) is 0 Å². The Labute approximate surface area is 254 Å². The molecule has 3 fully saturated rings. The molecule has 1 aromatic carbocycles. The summed E-state index contributed by atoms with van der Waals surface area (Å²) in [5.41, 5.74) is 3.60. The second-order valence-corrected chi connectivity index (χ2v) is 15.6. The predicted octanol–water partition coefficient (Wildman–Crippen LogP) is 8.71. The molecular weight excluding hydrogens is 504 g/mol. The molecule has 0 N–H and O–H groups in total. The fraction of sp³-hybridized carbons (Fsp3) is 0.838. The molecule has 1 saturated carbocycles. The van der Waals surface area contributed by atoms with Gasteiger partial charge in [0.2, 0.25) is 0 Å². The van der Waals surface area contributed by atoms with Crippen LogP contribution in [0.3, 0.4) is 0 Å². The Bertz CT molecular complexity index is 854. The lowest BCUT2D eigenvalue weighted by Gasteiger charge is -2.41. The van der Waals surface area contributed by atoms with E-state index in [0.29, 0.717) is 5.41 Å². The molecule has 3 aliphatic rings. The van der Waals surface area contributed by atoms with Gasteiger partial charge in [0.1, 0.15) is 0 Å². The highest BCUT2D eigenvalue weighted by Gasteiger charge is 2.46. The highest BCUT2D eigenvalue weighted by atomic mass is 16.7. The highest BCUT2D eigenvalue weighted by molar-refractivity contribution is 5.27. The molecular formula is C37H66N2O2. The molecule has 0 amide bonds. The second kappa shape index (κ2) is 15.7. The summed E-state index contributed by atoms with van der Waals surface area (Å²) in [4.78, 5) is 5.13. The number of rotatable bonds is 9. The van der Waals surface area contributed by atoms with Crippen LogP contribution in [0.5, 0.6) is 0 Å². The molecule has 236 valence electrons. The zero-order valence-electron chi connectivity index (χ0n) is 28.6. The fourth-order valence-electron chi connectivity index (χ4n) is 7.07. The Morgan fingerprint density at radius 2 is 1.59 bits per heavy atom. The Morgan fingerprint density at radius 1 is 0.951 bits per heavy atom. The number of benzene rings is 1. The summed E-state index contributed by atoms with van der Waals surface area (Å²) >= 11 is 0. The zero-order chi connectivity index (χ0) is 30.1. The standard InChI is InChI=1S/C19H31N.C18H35NO2/c1-16(15-20-12-6-5-7-13-20)14-17-8-10-18(11-9-17)19(2,3)4;1-6-12-19(7-2)13-16-14-20-18(21-16)10-8-15(9-11-18)17(3,4)5/h8-11,16H,5-7,12-15H2,1-4H3;15-16H,6-14H2,1-5H3. The van der Waals surface area contributed by atoms with Gasteiger partial charge >= 0.3 is 0 Å². The quantitative estimate of drug-likeness (QED) is 0.296. The summed E-state index contributed by atoms with van der Waals surface area (Å²) in [6.07, 6.45) is 11.5. The first-order valence-corrected chi connectivity index (χ1v) is 17.2. The first-order valence-electron chi connectivity index (χ1n) is 17.2. The lowest BCUT2D eigenvalue weighted by atomic mass is 9.71. The van der Waals surface area contributed by atoms with Crippen molar-refractivity contribution in [3.63, 3.8) is 0 Å². The molecule has 1 aliphatic carbocycles. The van der Waals surface area contributed by atoms with E-state index in [1.54, 1.807) is 0 Å². The molecule has 2 aliphatic heterocycles. The van der Waals surface area contributed by atoms with Gasteiger partial charge in [-0.05, 0) is 98.5 Å². The lowest BCUT2D eigenvalue weighted by Crippen LogP contribution is -2.40. The molecule has 4 nitrogen and oxygen atoms in total. The monoisotopic (exact) mass is 571 g/mol. The van der Waals surface area contributed by atoms with Crippen molar-refractivity contribution >= 4 is 0 Å². The molecule has 2 saturated heterocycles. The van der Waals surface area contributed by atoms with Crippen LogP contribution in [-0.2, 0) is 21.3 Å². The summed E-state index contributed by atoms with van der Waals surface area (Å²) in [5, 5.41) is 0. The molecule has 2 unspecified atom stereocenters. The number of ether oxygens (including phenoxy) is 2. The Kier molecular flexibility index (Phi) is 13.2. The van der Waals surface area contributed by atoms with Gasteiger partial charge in [0.15, 0.2) is 5.79 Å². The van der Waals surface area contributed by atoms with Crippen molar-refractivity contribution in [2.45, 2.75) is 137 Å². The number of nitrogens with zero attached hydrogens (tertiary/aromatic N) is 2. The van der Waals surface area contributed by atoms with Gasteiger partial charge in [-0.1, -0.05) is 93.0 Å². The van der Waals surface area contributed by atoms with Crippen molar-refractivity contribution in [2.75, 3.05) is 45.9 Å². The largest absolute Gasteiger partial charge is 0.347 e. The predicted molar refractivity (Wildman–Crippen MR) is 176 cm³/mol. The Balaban J connectivity index is 0.000000226. The molecule has 0 aromatic heterocycles. The number of likely N-dealkylation sites (N-methyl/N-ethyl adjacent to an activating group) is 1. The van der Waals surface area contributed by atoms with Crippen molar-refractivity contribution in [1.29, 1.82) is 0 Å². The summed E-state index contributed by atoms with van der Waals surface area (Å²) in [6, 6.07) is 9.27. The average molecular weight is 571 g/mol. The van der Waals surface area contributed by atoms with Gasteiger partial charge < -0.3 is 19.3 Å². The average Bonchev–Trinajstić information content (AvgIpc) is 3.30. The summed E-state index contributed by atoms with van der Waals surface area (Å²) in [7, 11) is 0. The maximum atomic E-state index is 6.37. The van der Waals surface area contributed by atoms with Crippen molar-refractivity contribution in [3.8, 4) is 0 Å². The SMILES string of the molecule is CC(Cc1ccc(C(C)(C)C)cc1)CN1CCCCC1.CCCN(CC)CC1COC2(CCC(C(C)(C)C)CC2)O1. The summed E-state index contributed by atoms with van der Waals surface area (Å²) < 4.78 is 12.5. The number of hydrogen-bond acceptors (Lipinski definition) is 4. The maximum Gasteiger partial charge on any atom is 0.168 e. The van der Waals surface area contributed by atoms with Crippen LogP contribution in [0, 0.1) is 17.3 Å². The van der Waals surface area contributed by atoms with Crippen LogP contribution >= 0.6 is 0 Å². The maximum absolute atomic E-state index is 6.37. The molecule has 0 bridgehead atoms. The zero-order valence-corrected chi connectivity index (χ0v) is 28.6. The van der Waals surface area contributed by atoms with E-state index in [4.69, 9.17) is 9.47 Å². The van der Waals surface area contributed by atoms with Crippen LogP contribution in [0.15, 0.2) is 24.3 Å². The van der Waals surface area contributed by atoms with E-state index in [1.807, 2.05) is 0 Å². The third-order valence-corrected chi connectivity index (χ3v) is 9.76. The Hall–Kier alpha value is -0.940. The van der Waals surface area contributed by atoms with Gasteiger partial charge in [-0.25, -0.2) is 0 Å². The first kappa shape index (κ1) is 34.5. The van der Waals surface area contributed by atoms with E-state index in [9.17, 15) is 0 Å². The van der Waals surface area contributed by atoms with Crippen LogP contribution in [0.1, 0.15) is 125 Å². The van der Waals surface area contributed by atoms with Gasteiger partial charge in [0, 0.05) is 25.9 Å². The number of likely N-dealkylation sites (tertiary alicyclic amines) is 1. The first-order chi connectivity index (χ1) is 19.3. The number of hydrogen-bond donors (Lipinski definition) is 0. The van der Waals surface area contributed by atoms with E-state index in [1.165, 1.54) is 75.7 Å². The van der Waals surface area contributed by atoms with E-state index < -0.39 is 0 Å². The molecule has 0 radical (unpaired) electrons. The van der Waals surface area contributed by atoms with Crippen LogP contribution in [-0.4, -0.2) is 67.6 Å². The molecule has 4 rings (SSSR count). The van der Waals surface area contributed by atoms with Gasteiger partial charge in [-0.15, -0.1) is 0 Å². The van der Waals surface area contributed by atoms with E-state index in [2.05, 4.69) is 96.4 Å². The molecule has 2 heterocycles. The van der Waals surface area contributed by atoms with Gasteiger partial charge in [-0.2, -0.15) is 0 Å². The fourth-order valence-corrected chi connectivity index (χ4v) is 7.07. The third-order valence-electron chi connectivity index (χ3n) is 9.76. The second-order valence-electron chi connectivity index (χ2n) is 15.6. The molecule has 2 atom stereocenters. The molecule has 1 spiro atoms. The Morgan fingerprint density at radius 3 is 2.12 bits per heavy atom. The summed E-state index contributed by atoms with van der Waals surface area (Å²) in [5.74, 6) is 1.31. The minimum absolute atomic E-state index is 0.252. The molecule has 4 heteroatoms. The van der Waals surface area contributed by atoms with E-state index in [-0.39, 0.29) is 17.3 Å². The number of piperidine rings is 1.